The Hall–Kier alpha value is -1.81. The first-order chi connectivity index (χ1) is 9.01. The van der Waals surface area contributed by atoms with Gasteiger partial charge in [-0.1, -0.05) is 31.5 Å². The molecule has 2 rings (SSSR count). The maximum atomic E-state index is 11.7. The van der Waals surface area contributed by atoms with Crippen molar-refractivity contribution < 1.29 is 9.53 Å². The zero-order valence-electron chi connectivity index (χ0n) is 11.0. The number of aliphatic imine (C=N–C) groups is 1. The SMILES string of the molecule is COc1ccc(/C=C2/N=C(C(C)C)NC2=O)cc1Cl. The molecular weight excluding hydrogens is 264 g/mol. The molecule has 1 aliphatic heterocycles. The molecule has 0 aliphatic carbocycles. The van der Waals surface area contributed by atoms with Crippen LogP contribution < -0.4 is 10.1 Å². The highest BCUT2D eigenvalue weighted by Gasteiger charge is 2.21. The van der Waals surface area contributed by atoms with Gasteiger partial charge in [-0.25, -0.2) is 4.99 Å². The van der Waals surface area contributed by atoms with E-state index in [9.17, 15) is 4.79 Å². The summed E-state index contributed by atoms with van der Waals surface area (Å²) in [6, 6.07) is 5.33. The van der Waals surface area contributed by atoms with Crippen LogP contribution in [0.1, 0.15) is 19.4 Å². The third-order valence-electron chi connectivity index (χ3n) is 2.74. The molecule has 1 heterocycles. The monoisotopic (exact) mass is 278 g/mol. The van der Waals surface area contributed by atoms with E-state index < -0.39 is 0 Å². The van der Waals surface area contributed by atoms with Gasteiger partial charge in [0.2, 0.25) is 0 Å². The summed E-state index contributed by atoms with van der Waals surface area (Å²) in [6.07, 6.45) is 1.70. The maximum absolute atomic E-state index is 11.7. The van der Waals surface area contributed by atoms with Crippen LogP contribution >= 0.6 is 11.6 Å². The van der Waals surface area contributed by atoms with Crippen LogP contribution in [0.4, 0.5) is 0 Å². The fourth-order valence-corrected chi connectivity index (χ4v) is 1.96. The fourth-order valence-electron chi connectivity index (χ4n) is 1.69. The molecule has 100 valence electrons. The highest BCUT2D eigenvalue weighted by Crippen LogP contribution is 2.26. The van der Waals surface area contributed by atoms with E-state index in [1.807, 2.05) is 19.9 Å². The second kappa shape index (κ2) is 5.45. The Bertz CT molecular complexity index is 577. The third-order valence-corrected chi connectivity index (χ3v) is 3.04. The number of amides is 1. The molecule has 0 fully saturated rings. The van der Waals surface area contributed by atoms with Crippen LogP contribution in [0.3, 0.4) is 0 Å². The summed E-state index contributed by atoms with van der Waals surface area (Å²) in [5.74, 6) is 1.30. The van der Waals surface area contributed by atoms with E-state index in [1.54, 1.807) is 25.3 Å². The molecule has 0 saturated heterocycles. The lowest BCUT2D eigenvalue weighted by atomic mass is 10.2. The third kappa shape index (κ3) is 2.96. The number of rotatable bonds is 3. The minimum atomic E-state index is -0.185. The molecule has 0 unspecified atom stereocenters. The number of ether oxygens (including phenoxy) is 1. The van der Waals surface area contributed by atoms with Gasteiger partial charge in [-0.05, 0) is 23.8 Å². The zero-order valence-corrected chi connectivity index (χ0v) is 11.8. The highest BCUT2D eigenvalue weighted by atomic mass is 35.5. The molecule has 0 saturated carbocycles. The van der Waals surface area contributed by atoms with Gasteiger partial charge in [0.15, 0.2) is 0 Å². The summed E-state index contributed by atoms with van der Waals surface area (Å²) < 4.78 is 5.08. The Morgan fingerprint density at radius 2 is 2.16 bits per heavy atom. The summed E-state index contributed by atoms with van der Waals surface area (Å²) in [7, 11) is 1.56. The van der Waals surface area contributed by atoms with E-state index in [0.29, 0.717) is 22.3 Å². The van der Waals surface area contributed by atoms with Crippen molar-refractivity contribution in [1.82, 2.24) is 5.32 Å². The van der Waals surface area contributed by atoms with Crippen LogP contribution in [0.5, 0.6) is 5.75 Å². The molecule has 19 heavy (non-hydrogen) atoms. The lowest BCUT2D eigenvalue weighted by molar-refractivity contribution is -0.115. The molecule has 0 bridgehead atoms. The number of nitrogens with one attached hydrogen (secondary N) is 1. The van der Waals surface area contributed by atoms with Gasteiger partial charge in [0, 0.05) is 5.92 Å². The number of methoxy groups -OCH3 is 1. The summed E-state index contributed by atoms with van der Waals surface area (Å²) in [6.45, 7) is 3.96. The standard InChI is InChI=1S/C14H15ClN2O2/c1-8(2)13-16-11(14(18)17-13)7-9-4-5-12(19-3)10(15)6-9/h4-8H,1-3H3,(H,16,17,18)/b11-7+. The van der Waals surface area contributed by atoms with Crippen LogP contribution in [0.15, 0.2) is 28.9 Å². The Labute approximate surface area is 117 Å². The van der Waals surface area contributed by atoms with Crippen molar-refractivity contribution in [2.75, 3.05) is 7.11 Å². The van der Waals surface area contributed by atoms with Crippen molar-refractivity contribution >= 4 is 29.4 Å². The lowest BCUT2D eigenvalue weighted by Gasteiger charge is -2.03. The van der Waals surface area contributed by atoms with Crippen LogP contribution in [0.25, 0.3) is 6.08 Å². The van der Waals surface area contributed by atoms with E-state index in [-0.39, 0.29) is 11.8 Å². The second-order valence-corrected chi connectivity index (χ2v) is 4.94. The van der Waals surface area contributed by atoms with Crippen LogP contribution in [0, 0.1) is 5.92 Å². The van der Waals surface area contributed by atoms with Crippen molar-refractivity contribution in [1.29, 1.82) is 0 Å². The first kappa shape index (κ1) is 13.6. The van der Waals surface area contributed by atoms with E-state index >= 15 is 0 Å². The average molecular weight is 279 g/mol. The van der Waals surface area contributed by atoms with Crippen molar-refractivity contribution in [3.05, 3.63) is 34.5 Å². The molecule has 0 radical (unpaired) electrons. The van der Waals surface area contributed by atoms with Crippen molar-refractivity contribution in [3.8, 4) is 5.75 Å². The minimum Gasteiger partial charge on any atom is -0.495 e. The Kier molecular flexibility index (Phi) is 3.90. The number of carbonyl (C=O) groups excluding carboxylic acids is 1. The molecule has 5 heteroatoms. The quantitative estimate of drug-likeness (QED) is 0.865. The summed E-state index contributed by atoms with van der Waals surface area (Å²) in [4.78, 5) is 16.0. The largest absolute Gasteiger partial charge is 0.495 e. The molecule has 0 atom stereocenters. The van der Waals surface area contributed by atoms with Crippen LogP contribution in [-0.4, -0.2) is 18.9 Å². The van der Waals surface area contributed by atoms with Gasteiger partial charge < -0.3 is 10.1 Å². The van der Waals surface area contributed by atoms with E-state index in [4.69, 9.17) is 16.3 Å². The number of halogens is 1. The normalized spacial score (nSPS) is 16.8. The smallest absolute Gasteiger partial charge is 0.275 e. The van der Waals surface area contributed by atoms with Gasteiger partial charge in [-0.2, -0.15) is 0 Å². The van der Waals surface area contributed by atoms with E-state index in [0.717, 1.165) is 5.56 Å². The molecule has 1 aliphatic rings. The minimum absolute atomic E-state index is 0.185. The van der Waals surface area contributed by atoms with Gasteiger partial charge in [-0.3, -0.25) is 4.79 Å². The number of amidine groups is 1. The Balaban J connectivity index is 2.31. The zero-order chi connectivity index (χ0) is 14.0. The number of carbonyl (C=O) groups is 1. The average Bonchev–Trinajstić information content (AvgIpc) is 2.71. The van der Waals surface area contributed by atoms with Crippen LogP contribution in [-0.2, 0) is 4.79 Å². The summed E-state index contributed by atoms with van der Waals surface area (Å²) >= 11 is 6.04. The first-order valence-corrected chi connectivity index (χ1v) is 6.34. The number of nitrogens with zero attached hydrogens (tertiary/aromatic N) is 1. The van der Waals surface area contributed by atoms with Gasteiger partial charge in [0.05, 0.1) is 12.1 Å². The molecule has 1 amide bonds. The van der Waals surface area contributed by atoms with Crippen molar-refractivity contribution in [2.45, 2.75) is 13.8 Å². The highest BCUT2D eigenvalue weighted by molar-refractivity contribution is 6.32. The predicted octanol–water partition coefficient (Wildman–Crippen LogP) is 2.87. The van der Waals surface area contributed by atoms with Crippen molar-refractivity contribution in [2.24, 2.45) is 10.9 Å². The Morgan fingerprint density at radius 3 is 2.68 bits per heavy atom. The maximum Gasteiger partial charge on any atom is 0.275 e. The molecule has 0 spiro atoms. The first-order valence-electron chi connectivity index (χ1n) is 5.96. The lowest BCUT2D eigenvalue weighted by Crippen LogP contribution is -2.27. The Morgan fingerprint density at radius 1 is 1.42 bits per heavy atom. The molecule has 1 aromatic rings. The summed E-state index contributed by atoms with van der Waals surface area (Å²) in [5.41, 5.74) is 1.20. The second-order valence-electron chi connectivity index (χ2n) is 4.53. The van der Waals surface area contributed by atoms with Gasteiger partial charge in [0.1, 0.15) is 17.3 Å². The number of hydrogen-bond acceptors (Lipinski definition) is 3. The predicted molar refractivity (Wildman–Crippen MR) is 76.4 cm³/mol. The van der Waals surface area contributed by atoms with E-state index in [2.05, 4.69) is 10.3 Å². The molecule has 0 aromatic heterocycles. The fraction of sp³-hybridized carbons (Fsp3) is 0.286. The molecule has 1 N–H and O–H groups in total. The van der Waals surface area contributed by atoms with E-state index in [1.165, 1.54) is 0 Å². The van der Waals surface area contributed by atoms with Crippen molar-refractivity contribution in [3.63, 3.8) is 0 Å². The number of benzene rings is 1. The number of hydrogen-bond donors (Lipinski definition) is 1. The van der Waals surface area contributed by atoms with Gasteiger partial charge in [0.25, 0.3) is 5.91 Å². The molecule has 4 nitrogen and oxygen atoms in total. The summed E-state index contributed by atoms with van der Waals surface area (Å²) in [5, 5.41) is 3.25. The van der Waals surface area contributed by atoms with Gasteiger partial charge in [-0.15, -0.1) is 0 Å². The molecule has 1 aromatic carbocycles. The van der Waals surface area contributed by atoms with Crippen LogP contribution in [0.2, 0.25) is 5.02 Å². The molecular formula is C14H15ClN2O2. The topological polar surface area (TPSA) is 50.7 Å². The van der Waals surface area contributed by atoms with Gasteiger partial charge >= 0.3 is 0 Å².